The fourth-order valence-electron chi connectivity index (χ4n) is 4.37. The predicted molar refractivity (Wildman–Crippen MR) is 142 cm³/mol. The van der Waals surface area contributed by atoms with Crippen molar-refractivity contribution < 1.29 is 32.2 Å². The van der Waals surface area contributed by atoms with E-state index in [-0.39, 0.29) is 16.8 Å². The van der Waals surface area contributed by atoms with Gasteiger partial charge in [-0.3, -0.25) is 0 Å². The summed E-state index contributed by atoms with van der Waals surface area (Å²) in [6, 6.07) is 19.4. The predicted octanol–water partition coefficient (Wildman–Crippen LogP) is 7.09. The van der Waals surface area contributed by atoms with Gasteiger partial charge in [-0.25, -0.2) is 9.59 Å². The fraction of sp³-hybridized carbons (Fsp3) is 0.233. The normalized spacial score (nSPS) is 13.2. The Morgan fingerprint density at radius 3 is 2.20 bits per heavy atom. The SMILES string of the molecule is CC(C)(C)OC(=O)n1cc(C(=O)Oc2ccc3c(c2)CN(c2ccccc2)C3)c(-c2ccc(C(F)(F)F)cc2)n1. The first-order chi connectivity index (χ1) is 18.9. The van der Waals surface area contributed by atoms with E-state index >= 15 is 0 Å². The number of halogens is 3. The topological polar surface area (TPSA) is 73.7 Å². The van der Waals surface area contributed by atoms with Gasteiger partial charge in [0.15, 0.2) is 0 Å². The van der Waals surface area contributed by atoms with E-state index in [0.29, 0.717) is 18.8 Å². The number of alkyl halides is 3. The second-order valence-electron chi connectivity index (χ2n) is 10.4. The monoisotopic (exact) mass is 549 g/mol. The summed E-state index contributed by atoms with van der Waals surface area (Å²) >= 11 is 0. The molecule has 0 fully saturated rings. The molecule has 1 aromatic heterocycles. The van der Waals surface area contributed by atoms with Gasteiger partial charge in [0, 0.05) is 24.3 Å². The third-order valence-electron chi connectivity index (χ3n) is 6.23. The molecule has 1 aliphatic rings. The van der Waals surface area contributed by atoms with Gasteiger partial charge >= 0.3 is 18.2 Å². The molecule has 2 heterocycles. The lowest BCUT2D eigenvalue weighted by Crippen LogP contribution is -2.27. The van der Waals surface area contributed by atoms with Crippen molar-refractivity contribution in [2.75, 3.05) is 4.90 Å². The van der Waals surface area contributed by atoms with Crippen LogP contribution in [-0.2, 0) is 24.0 Å². The fourth-order valence-corrected chi connectivity index (χ4v) is 4.37. The van der Waals surface area contributed by atoms with Crippen molar-refractivity contribution in [3.8, 4) is 17.0 Å². The maximum absolute atomic E-state index is 13.3. The number of nitrogens with zero attached hydrogens (tertiary/aromatic N) is 3. The second-order valence-corrected chi connectivity index (χ2v) is 10.4. The molecule has 0 unspecified atom stereocenters. The zero-order chi connectivity index (χ0) is 28.7. The summed E-state index contributed by atoms with van der Waals surface area (Å²) in [6.07, 6.45) is -4.22. The molecule has 1 aliphatic heterocycles. The number of para-hydroxylation sites is 1. The molecule has 0 atom stereocenters. The number of hydrogen-bond donors (Lipinski definition) is 0. The Morgan fingerprint density at radius 2 is 1.55 bits per heavy atom. The van der Waals surface area contributed by atoms with E-state index in [4.69, 9.17) is 9.47 Å². The minimum atomic E-state index is -4.53. The molecule has 7 nitrogen and oxygen atoms in total. The third kappa shape index (κ3) is 5.85. The lowest BCUT2D eigenvalue weighted by molar-refractivity contribution is -0.137. The summed E-state index contributed by atoms with van der Waals surface area (Å²) in [5.41, 5.74) is 1.58. The Labute approximate surface area is 228 Å². The van der Waals surface area contributed by atoms with Crippen molar-refractivity contribution >= 4 is 17.7 Å². The molecule has 0 saturated carbocycles. The van der Waals surface area contributed by atoms with Crippen LogP contribution in [0.2, 0.25) is 0 Å². The van der Waals surface area contributed by atoms with E-state index in [9.17, 15) is 22.8 Å². The number of rotatable bonds is 4. The largest absolute Gasteiger partial charge is 0.442 e. The highest BCUT2D eigenvalue weighted by atomic mass is 19.4. The van der Waals surface area contributed by atoms with Crippen LogP contribution in [0.1, 0.15) is 47.8 Å². The van der Waals surface area contributed by atoms with E-state index in [1.165, 1.54) is 12.1 Å². The van der Waals surface area contributed by atoms with Crippen LogP contribution in [0.25, 0.3) is 11.3 Å². The summed E-state index contributed by atoms with van der Waals surface area (Å²) in [4.78, 5) is 28.2. The van der Waals surface area contributed by atoms with E-state index in [2.05, 4.69) is 10.00 Å². The van der Waals surface area contributed by atoms with Gasteiger partial charge in [0.05, 0.1) is 11.8 Å². The summed E-state index contributed by atoms with van der Waals surface area (Å²) in [7, 11) is 0. The third-order valence-corrected chi connectivity index (χ3v) is 6.23. The maximum Gasteiger partial charge on any atom is 0.435 e. The van der Waals surface area contributed by atoms with Crippen molar-refractivity contribution in [3.63, 3.8) is 0 Å². The number of fused-ring (bicyclic) bond motifs is 1. The first kappa shape index (κ1) is 27.0. The molecule has 0 saturated heterocycles. The Morgan fingerprint density at radius 1 is 0.875 bits per heavy atom. The molecular formula is C30H26F3N3O4. The van der Waals surface area contributed by atoms with Crippen LogP contribution in [0.4, 0.5) is 23.7 Å². The molecule has 206 valence electrons. The van der Waals surface area contributed by atoms with Crippen LogP contribution in [0.5, 0.6) is 5.75 Å². The molecule has 40 heavy (non-hydrogen) atoms. The van der Waals surface area contributed by atoms with Crippen molar-refractivity contribution in [1.29, 1.82) is 0 Å². The van der Waals surface area contributed by atoms with Gasteiger partial charge < -0.3 is 14.4 Å². The van der Waals surface area contributed by atoms with Gasteiger partial charge in [-0.05, 0) is 68.3 Å². The molecule has 0 bridgehead atoms. The molecule has 0 spiro atoms. The van der Waals surface area contributed by atoms with Crippen LogP contribution in [0, 0.1) is 0 Å². The van der Waals surface area contributed by atoms with Gasteiger partial charge in [0.25, 0.3) is 0 Å². The van der Waals surface area contributed by atoms with Crippen LogP contribution in [0.15, 0.2) is 79.0 Å². The van der Waals surface area contributed by atoms with Gasteiger partial charge in [-0.2, -0.15) is 23.0 Å². The van der Waals surface area contributed by atoms with Crippen molar-refractivity contribution in [2.24, 2.45) is 0 Å². The molecule has 3 aromatic carbocycles. The Hall–Kier alpha value is -4.60. The zero-order valence-electron chi connectivity index (χ0n) is 22.0. The van der Waals surface area contributed by atoms with E-state index in [1.807, 2.05) is 36.4 Å². The van der Waals surface area contributed by atoms with Crippen molar-refractivity contribution in [1.82, 2.24) is 9.78 Å². The van der Waals surface area contributed by atoms with Gasteiger partial charge in [0.1, 0.15) is 22.6 Å². The Bertz CT molecular complexity index is 1560. The molecule has 10 heteroatoms. The maximum atomic E-state index is 13.3. The summed E-state index contributed by atoms with van der Waals surface area (Å²) < 4.78 is 51.1. The Balaban J connectivity index is 1.42. The van der Waals surface area contributed by atoms with Gasteiger partial charge in [0.2, 0.25) is 0 Å². The highest BCUT2D eigenvalue weighted by Gasteiger charge is 2.31. The number of anilines is 1. The minimum absolute atomic E-state index is 0.0130. The first-order valence-corrected chi connectivity index (χ1v) is 12.5. The molecule has 0 aliphatic carbocycles. The highest BCUT2D eigenvalue weighted by Crippen LogP contribution is 2.33. The number of carbonyl (C=O) groups is 2. The Kier molecular flexibility index (Phi) is 6.87. The van der Waals surface area contributed by atoms with E-state index in [0.717, 1.165) is 39.8 Å². The van der Waals surface area contributed by atoms with Crippen LogP contribution in [0.3, 0.4) is 0 Å². The number of aromatic nitrogens is 2. The lowest BCUT2D eigenvalue weighted by atomic mass is 10.1. The zero-order valence-corrected chi connectivity index (χ0v) is 22.0. The number of ether oxygens (including phenoxy) is 2. The standard InChI is InChI=1S/C30H26F3N3O4/c1-29(2,3)40-28(38)36-18-25(26(34-36)19-9-12-22(13-10-19)30(31,32)33)27(37)39-24-14-11-20-16-35(17-21(20)15-24)23-7-5-4-6-8-23/h4-15,18H,16-17H2,1-3H3. The number of benzene rings is 3. The van der Waals surface area contributed by atoms with Gasteiger partial charge in [-0.1, -0.05) is 36.4 Å². The average Bonchev–Trinajstić information content (AvgIpc) is 3.53. The molecular weight excluding hydrogens is 523 g/mol. The minimum Gasteiger partial charge on any atom is -0.442 e. The van der Waals surface area contributed by atoms with Gasteiger partial charge in [-0.15, -0.1) is 0 Å². The summed E-state index contributed by atoms with van der Waals surface area (Å²) in [5, 5.41) is 4.17. The van der Waals surface area contributed by atoms with E-state index in [1.54, 1.807) is 32.9 Å². The average molecular weight is 550 g/mol. The summed E-state index contributed by atoms with van der Waals surface area (Å²) in [6.45, 7) is 6.37. The van der Waals surface area contributed by atoms with Crippen LogP contribution in [-0.4, -0.2) is 27.4 Å². The molecule has 4 aromatic rings. The molecule has 0 radical (unpaired) electrons. The molecule has 0 N–H and O–H groups in total. The smallest absolute Gasteiger partial charge is 0.435 e. The van der Waals surface area contributed by atoms with Crippen LogP contribution >= 0.6 is 0 Å². The van der Waals surface area contributed by atoms with E-state index < -0.39 is 29.4 Å². The highest BCUT2D eigenvalue weighted by molar-refractivity contribution is 5.98. The number of carbonyl (C=O) groups excluding carboxylic acids is 2. The van der Waals surface area contributed by atoms with Crippen molar-refractivity contribution in [3.05, 3.63) is 101 Å². The number of esters is 1. The first-order valence-electron chi connectivity index (χ1n) is 12.5. The molecule has 5 rings (SSSR count). The molecule has 0 amide bonds. The quantitative estimate of drug-likeness (QED) is 0.200. The second kappa shape index (κ2) is 10.2. The lowest BCUT2D eigenvalue weighted by Gasteiger charge is -2.18. The van der Waals surface area contributed by atoms with Crippen molar-refractivity contribution in [2.45, 2.75) is 45.6 Å². The van der Waals surface area contributed by atoms with Crippen LogP contribution < -0.4 is 9.64 Å². The summed E-state index contributed by atoms with van der Waals surface area (Å²) in [5.74, 6) is -0.524. The number of hydrogen-bond acceptors (Lipinski definition) is 6.